The summed E-state index contributed by atoms with van der Waals surface area (Å²) in [6.45, 7) is 13.7. The van der Waals surface area contributed by atoms with Crippen molar-refractivity contribution < 1.29 is 0 Å². The molecule has 126 valence electrons. The van der Waals surface area contributed by atoms with Gasteiger partial charge in [-0.15, -0.1) is 0 Å². The number of rotatable bonds is 9. The lowest BCUT2D eigenvalue weighted by atomic mass is 9.74. The van der Waals surface area contributed by atoms with Crippen molar-refractivity contribution in [3.05, 3.63) is 0 Å². The van der Waals surface area contributed by atoms with Gasteiger partial charge in [-0.25, -0.2) is 0 Å². The van der Waals surface area contributed by atoms with Crippen molar-refractivity contribution in [2.45, 2.75) is 96.7 Å². The first-order valence-electron chi connectivity index (χ1n) is 8.97. The maximum atomic E-state index is 5.52. The van der Waals surface area contributed by atoms with E-state index in [-0.39, 0.29) is 11.1 Å². The first-order valence-corrected chi connectivity index (χ1v) is 8.97. The van der Waals surface area contributed by atoms with Crippen LogP contribution in [0.5, 0.6) is 0 Å². The third-order valence-corrected chi connectivity index (χ3v) is 4.59. The highest BCUT2D eigenvalue weighted by Gasteiger charge is 2.37. The lowest BCUT2D eigenvalue weighted by Crippen LogP contribution is -2.58. The summed E-state index contributed by atoms with van der Waals surface area (Å²) in [4.78, 5) is 0. The molecule has 0 bridgehead atoms. The first-order chi connectivity index (χ1) is 9.74. The summed E-state index contributed by atoms with van der Waals surface area (Å²) in [6.07, 6.45) is 8.94. The molecule has 1 rings (SSSR count). The zero-order valence-corrected chi connectivity index (χ0v) is 15.1. The molecule has 0 spiro atoms. The summed E-state index contributed by atoms with van der Waals surface area (Å²) in [5.74, 6) is 0.830. The van der Waals surface area contributed by atoms with Gasteiger partial charge >= 0.3 is 0 Å². The van der Waals surface area contributed by atoms with Crippen LogP contribution in [0.15, 0.2) is 0 Å². The molecule has 1 aliphatic heterocycles. The molecule has 0 aromatic carbocycles. The maximum absolute atomic E-state index is 5.52. The second kappa shape index (κ2) is 8.50. The fourth-order valence-electron chi connectivity index (χ4n) is 4.26. The highest BCUT2D eigenvalue weighted by atomic mass is 15.0. The smallest absolute Gasteiger partial charge is 0.0132 e. The van der Waals surface area contributed by atoms with Crippen molar-refractivity contribution in [1.29, 1.82) is 0 Å². The van der Waals surface area contributed by atoms with Gasteiger partial charge in [-0.3, -0.25) is 0 Å². The molecule has 0 aliphatic carbocycles. The molecule has 3 heteroatoms. The third kappa shape index (κ3) is 8.18. The summed E-state index contributed by atoms with van der Waals surface area (Å²) in [6, 6.07) is 0.634. The van der Waals surface area contributed by atoms with Crippen molar-refractivity contribution in [1.82, 2.24) is 10.6 Å². The molecule has 0 radical (unpaired) electrons. The van der Waals surface area contributed by atoms with Crippen LogP contribution in [0.3, 0.4) is 0 Å². The largest absolute Gasteiger partial charge is 0.330 e. The third-order valence-electron chi connectivity index (χ3n) is 4.59. The molecule has 1 saturated heterocycles. The summed E-state index contributed by atoms with van der Waals surface area (Å²) < 4.78 is 0. The van der Waals surface area contributed by atoms with Crippen LogP contribution in [-0.4, -0.2) is 30.2 Å². The Labute approximate surface area is 132 Å². The van der Waals surface area contributed by atoms with Crippen molar-refractivity contribution >= 4 is 0 Å². The van der Waals surface area contributed by atoms with E-state index >= 15 is 0 Å². The van der Waals surface area contributed by atoms with Gasteiger partial charge in [0.05, 0.1) is 0 Å². The number of nitrogens with two attached hydrogens (primary N) is 1. The second-order valence-electron chi connectivity index (χ2n) is 8.46. The van der Waals surface area contributed by atoms with Crippen LogP contribution in [0.25, 0.3) is 0 Å². The first kappa shape index (κ1) is 18.9. The number of hydrogen-bond acceptors (Lipinski definition) is 3. The minimum atomic E-state index is 0.272. The monoisotopic (exact) mass is 297 g/mol. The molecule has 0 amide bonds. The van der Waals surface area contributed by atoms with Crippen LogP contribution in [0, 0.1) is 5.92 Å². The molecular formula is C18H39N3. The van der Waals surface area contributed by atoms with Gasteiger partial charge in [0.2, 0.25) is 0 Å². The predicted molar refractivity (Wildman–Crippen MR) is 93.6 cm³/mol. The molecule has 1 heterocycles. The molecular weight excluding hydrogens is 258 g/mol. The van der Waals surface area contributed by atoms with E-state index in [0.29, 0.717) is 6.04 Å². The van der Waals surface area contributed by atoms with E-state index in [1.165, 1.54) is 44.9 Å². The molecule has 21 heavy (non-hydrogen) atoms. The Morgan fingerprint density at radius 1 is 1.05 bits per heavy atom. The van der Waals surface area contributed by atoms with E-state index in [1.54, 1.807) is 0 Å². The van der Waals surface area contributed by atoms with Gasteiger partial charge in [-0.1, -0.05) is 12.8 Å². The SMILES string of the molecule is CC(CC1CC(C)(C)NC(C)(C)C1)NCCCCCCN. The molecule has 1 atom stereocenters. The van der Waals surface area contributed by atoms with Crippen LogP contribution in [0.4, 0.5) is 0 Å². The Morgan fingerprint density at radius 3 is 2.19 bits per heavy atom. The van der Waals surface area contributed by atoms with Gasteiger partial charge in [0.1, 0.15) is 0 Å². The number of unbranched alkanes of at least 4 members (excludes halogenated alkanes) is 3. The van der Waals surface area contributed by atoms with Crippen molar-refractivity contribution in [3.63, 3.8) is 0 Å². The van der Waals surface area contributed by atoms with Crippen LogP contribution >= 0.6 is 0 Å². The van der Waals surface area contributed by atoms with Crippen LogP contribution < -0.4 is 16.4 Å². The topological polar surface area (TPSA) is 50.1 Å². The second-order valence-corrected chi connectivity index (χ2v) is 8.46. The lowest BCUT2D eigenvalue weighted by molar-refractivity contribution is 0.118. The van der Waals surface area contributed by atoms with Gasteiger partial charge in [0.15, 0.2) is 0 Å². The molecule has 1 unspecified atom stereocenters. The van der Waals surface area contributed by atoms with E-state index < -0.39 is 0 Å². The number of piperidine rings is 1. The van der Waals surface area contributed by atoms with Gasteiger partial charge in [0.25, 0.3) is 0 Å². The minimum absolute atomic E-state index is 0.272. The normalized spacial score (nSPS) is 23.1. The Morgan fingerprint density at radius 2 is 1.62 bits per heavy atom. The molecule has 3 nitrogen and oxygen atoms in total. The highest BCUT2D eigenvalue weighted by molar-refractivity contribution is 4.97. The average molecular weight is 298 g/mol. The number of hydrogen-bond donors (Lipinski definition) is 3. The van der Waals surface area contributed by atoms with Gasteiger partial charge in [0, 0.05) is 17.1 Å². The molecule has 1 aliphatic rings. The van der Waals surface area contributed by atoms with Gasteiger partial charge in [-0.05, 0) is 85.7 Å². The van der Waals surface area contributed by atoms with Crippen LogP contribution in [-0.2, 0) is 0 Å². The molecule has 4 N–H and O–H groups in total. The lowest BCUT2D eigenvalue weighted by Gasteiger charge is -2.47. The molecule has 1 fully saturated rings. The highest BCUT2D eigenvalue weighted by Crippen LogP contribution is 2.35. The fourth-order valence-corrected chi connectivity index (χ4v) is 4.26. The zero-order valence-electron chi connectivity index (χ0n) is 15.1. The van der Waals surface area contributed by atoms with E-state index in [1.807, 2.05) is 0 Å². The van der Waals surface area contributed by atoms with E-state index in [0.717, 1.165) is 19.0 Å². The average Bonchev–Trinajstić information content (AvgIpc) is 2.29. The van der Waals surface area contributed by atoms with Crippen molar-refractivity contribution in [3.8, 4) is 0 Å². The van der Waals surface area contributed by atoms with Crippen molar-refractivity contribution in [2.24, 2.45) is 11.7 Å². The fraction of sp³-hybridized carbons (Fsp3) is 1.00. The Balaban J connectivity index is 2.22. The number of nitrogens with one attached hydrogen (secondary N) is 2. The van der Waals surface area contributed by atoms with E-state index in [4.69, 9.17) is 5.73 Å². The van der Waals surface area contributed by atoms with Crippen molar-refractivity contribution in [2.75, 3.05) is 13.1 Å². The van der Waals surface area contributed by atoms with Gasteiger partial charge in [-0.2, -0.15) is 0 Å². The van der Waals surface area contributed by atoms with E-state index in [2.05, 4.69) is 45.3 Å². The molecule has 0 aromatic rings. The Bertz CT molecular complexity index is 270. The summed E-state index contributed by atoms with van der Waals surface area (Å²) in [7, 11) is 0. The summed E-state index contributed by atoms with van der Waals surface area (Å²) >= 11 is 0. The van der Waals surface area contributed by atoms with Crippen LogP contribution in [0.1, 0.15) is 79.6 Å². The zero-order chi connectivity index (χ0) is 15.9. The Kier molecular flexibility index (Phi) is 7.66. The maximum Gasteiger partial charge on any atom is 0.0132 e. The van der Waals surface area contributed by atoms with E-state index in [9.17, 15) is 0 Å². The van der Waals surface area contributed by atoms with Gasteiger partial charge < -0.3 is 16.4 Å². The Hall–Kier alpha value is -0.120. The quantitative estimate of drug-likeness (QED) is 0.572. The minimum Gasteiger partial charge on any atom is -0.330 e. The summed E-state index contributed by atoms with van der Waals surface area (Å²) in [5.41, 5.74) is 6.06. The molecule has 0 saturated carbocycles. The predicted octanol–water partition coefficient (Wildman–Crippen LogP) is 3.43. The van der Waals surface area contributed by atoms with Crippen LogP contribution in [0.2, 0.25) is 0 Å². The summed E-state index contributed by atoms with van der Waals surface area (Å²) in [5, 5.41) is 7.49. The standard InChI is InChI=1S/C18H39N3/c1-15(20-11-9-7-6-8-10-19)12-16-13-17(2,3)21-18(4,5)14-16/h15-16,20-21H,6-14,19H2,1-5H3. The molecule has 0 aromatic heterocycles.